The fourth-order valence-corrected chi connectivity index (χ4v) is 2.07. The molecule has 0 fully saturated rings. The minimum absolute atomic E-state index is 0.0852. The zero-order valence-corrected chi connectivity index (χ0v) is 13.0. The number of carbonyl (C=O) groups is 1. The number of aryl methyl sites for hydroxylation is 2. The first-order chi connectivity index (χ1) is 10.6. The maximum absolute atomic E-state index is 11.9. The van der Waals surface area contributed by atoms with E-state index in [4.69, 9.17) is 14.0 Å². The van der Waals surface area contributed by atoms with Crippen molar-refractivity contribution in [2.24, 2.45) is 0 Å². The molecule has 2 rings (SSSR count). The van der Waals surface area contributed by atoms with Crippen LogP contribution in [0.4, 0.5) is 0 Å². The summed E-state index contributed by atoms with van der Waals surface area (Å²) in [5, 5.41) is 6.64. The van der Waals surface area contributed by atoms with Crippen LogP contribution in [-0.2, 0) is 11.2 Å². The lowest BCUT2D eigenvalue weighted by molar-refractivity contribution is -0.120. The van der Waals surface area contributed by atoms with E-state index >= 15 is 0 Å². The number of hydrogen-bond acceptors (Lipinski definition) is 5. The molecule has 0 bridgehead atoms. The van der Waals surface area contributed by atoms with Crippen molar-refractivity contribution in [2.75, 3.05) is 20.3 Å². The highest BCUT2D eigenvalue weighted by Crippen LogP contribution is 2.25. The molecule has 6 nitrogen and oxygen atoms in total. The van der Waals surface area contributed by atoms with E-state index in [0.29, 0.717) is 30.4 Å². The second kappa shape index (κ2) is 7.49. The van der Waals surface area contributed by atoms with E-state index in [0.717, 1.165) is 11.3 Å². The number of aromatic nitrogens is 1. The van der Waals surface area contributed by atoms with E-state index in [1.807, 2.05) is 31.2 Å². The molecule has 1 heterocycles. The molecule has 0 aliphatic carbocycles. The van der Waals surface area contributed by atoms with Crippen molar-refractivity contribution in [3.63, 3.8) is 0 Å². The molecule has 0 saturated heterocycles. The van der Waals surface area contributed by atoms with Crippen molar-refractivity contribution >= 4 is 5.91 Å². The predicted molar refractivity (Wildman–Crippen MR) is 81.2 cm³/mol. The number of para-hydroxylation sites is 2. The van der Waals surface area contributed by atoms with Gasteiger partial charge in [-0.25, -0.2) is 0 Å². The Hall–Kier alpha value is -2.50. The number of methoxy groups -OCH3 is 1. The number of ether oxygens (including phenoxy) is 2. The van der Waals surface area contributed by atoms with Crippen LogP contribution in [0.15, 0.2) is 28.8 Å². The summed E-state index contributed by atoms with van der Waals surface area (Å²) in [6, 6.07) is 7.39. The smallest absolute Gasteiger partial charge is 0.224 e. The largest absolute Gasteiger partial charge is 0.493 e. The molecule has 2 aromatic rings. The van der Waals surface area contributed by atoms with Crippen molar-refractivity contribution in [1.82, 2.24) is 10.5 Å². The van der Waals surface area contributed by atoms with Crippen LogP contribution in [0.5, 0.6) is 11.5 Å². The lowest BCUT2D eigenvalue weighted by Gasteiger charge is -2.10. The van der Waals surface area contributed by atoms with Gasteiger partial charge >= 0.3 is 0 Å². The number of nitrogens with one attached hydrogen (secondary N) is 1. The summed E-state index contributed by atoms with van der Waals surface area (Å²) in [4.78, 5) is 11.9. The fraction of sp³-hybridized carbons (Fsp3) is 0.375. The second-order valence-corrected chi connectivity index (χ2v) is 4.83. The topological polar surface area (TPSA) is 73.6 Å². The molecule has 0 atom stereocenters. The van der Waals surface area contributed by atoms with Gasteiger partial charge in [0.05, 0.1) is 25.8 Å². The minimum atomic E-state index is -0.0852. The zero-order valence-electron chi connectivity index (χ0n) is 13.0. The van der Waals surface area contributed by atoms with Crippen LogP contribution < -0.4 is 14.8 Å². The SMILES string of the molecule is COc1ccccc1OCCNC(=O)Cc1c(C)noc1C. The van der Waals surface area contributed by atoms with Gasteiger partial charge < -0.3 is 19.3 Å². The van der Waals surface area contributed by atoms with Crippen LogP contribution in [0.1, 0.15) is 17.0 Å². The Morgan fingerprint density at radius 1 is 1.27 bits per heavy atom. The van der Waals surface area contributed by atoms with Crippen LogP contribution in [0.3, 0.4) is 0 Å². The van der Waals surface area contributed by atoms with Crippen LogP contribution >= 0.6 is 0 Å². The number of hydrogen-bond donors (Lipinski definition) is 1. The molecule has 1 aromatic carbocycles. The van der Waals surface area contributed by atoms with Crippen molar-refractivity contribution < 1.29 is 18.8 Å². The number of carbonyl (C=O) groups excluding carboxylic acids is 1. The highest BCUT2D eigenvalue weighted by molar-refractivity contribution is 5.78. The van der Waals surface area contributed by atoms with Crippen LogP contribution in [-0.4, -0.2) is 31.3 Å². The summed E-state index contributed by atoms with van der Waals surface area (Å²) in [6.07, 6.45) is 0.260. The summed E-state index contributed by atoms with van der Waals surface area (Å²) < 4.78 is 15.8. The number of nitrogens with zero attached hydrogens (tertiary/aromatic N) is 1. The Kier molecular flexibility index (Phi) is 5.41. The van der Waals surface area contributed by atoms with Gasteiger partial charge in [0.2, 0.25) is 5.91 Å². The third kappa shape index (κ3) is 4.00. The standard InChI is InChI=1S/C16H20N2O4/c1-11-13(12(2)22-18-11)10-16(19)17-8-9-21-15-7-5-4-6-14(15)20-3/h4-7H,8-10H2,1-3H3,(H,17,19). The molecule has 0 spiro atoms. The molecule has 0 unspecified atom stereocenters. The highest BCUT2D eigenvalue weighted by Gasteiger charge is 2.13. The van der Waals surface area contributed by atoms with Gasteiger partial charge in [0.15, 0.2) is 11.5 Å². The summed E-state index contributed by atoms with van der Waals surface area (Å²) in [7, 11) is 1.59. The van der Waals surface area contributed by atoms with Crippen molar-refractivity contribution in [1.29, 1.82) is 0 Å². The van der Waals surface area contributed by atoms with E-state index in [2.05, 4.69) is 10.5 Å². The molecule has 0 radical (unpaired) electrons. The third-order valence-electron chi connectivity index (χ3n) is 3.27. The first-order valence-corrected chi connectivity index (χ1v) is 7.06. The number of rotatable bonds is 7. The number of amides is 1. The van der Waals surface area contributed by atoms with Gasteiger partial charge in [-0.15, -0.1) is 0 Å². The third-order valence-corrected chi connectivity index (χ3v) is 3.27. The van der Waals surface area contributed by atoms with Crippen LogP contribution in [0.25, 0.3) is 0 Å². The quantitative estimate of drug-likeness (QED) is 0.792. The van der Waals surface area contributed by atoms with Gasteiger partial charge in [-0.3, -0.25) is 4.79 Å². The summed E-state index contributed by atoms with van der Waals surface area (Å²) in [5.74, 6) is 1.92. The molecule has 1 aromatic heterocycles. The van der Waals surface area contributed by atoms with Gasteiger partial charge in [-0.2, -0.15) is 0 Å². The Balaban J connectivity index is 1.76. The van der Waals surface area contributed by atoms with E-state index in [-0.39, 0.29) is 12.3 Å². The van der Waals surface area contributed by atoms with Crippen molar-refractivity contribution in [2.45, 2.75) is 20.3 Å². The molecular weight excluding hydrogens is 284 g/mol. The summed E-state index contributed by atoms with van der Waals surface area (Å²) in [5.41, 5.74) is 1.58. The Labute approximate surface area is 129 Å². The van der Waals surface area contributed by atoms with Gasteiger partial charge in [0.25, 0.3) is 0 Å². The molecule has 6 heteroatoms. The Bertz CT molecular complexity index is 617. The molecule has 1 amide bonds. The van der Waals surface area contributed by atoms with Crippen molar-refractivity contribution in [3.8, 4) is 11.5 Å². The maximum atomic E-state index is 11.9. The molecular formula is C16H20N2O4. The lowest BCUT2D eigenvalue weighted by Crippen LogP contribution is -2.29. The second-order valence-electron chi connectivity index (χ2n) is 4.83. The van der Waals surface area contributed by atoms with Gasteiger partial charge in [0, 0.05) is 5.56 Å². The minimum Gasteiger partial charge on any atom is -0.493 e. The Morgan fingerprint density at radius 2 is 2.00 bits per heavy atom. The monoisotopic (exact) mass is 304 g/mol. The molecule has 118 valence electrons. The van der Waals surface area contributed by atoms with Crippen molar-refractivity contribution in [3.05, 3.63) is 41.3 Å². The summed E-state index contributed by atoms with van der Waals surface area (Å²) >= 11 is 0. The first-order valence-electron chi connectivity index (χ1n) is 7.06. The molecule has 0 aliphatic rings. The molecule has 22 heavy (non-hydrogen) atoms. The van der Waals surface area contributed by atoms with E-state index in [9.17, 15) is 4.79 Å². The van der Waals surface area contributed by atoms with E-state index in [1.165, 1.54) is 0 Å². The fourth-order valence-electron chi connectivity index (χ4n) is 2.07. The average molecular weight is 304 g/mol. The Morgan fingerprint density at radius 3 is 2.64 bits per heavy atom. The molecule has 1 N–H and O–H groups in total. The summed E-state index contributed by atoms with van der Waals surface area (Å²) in [6.45, 7) is 4.41. The maximum Gasteiger partial charge on any atom is 0.224 e. The van der Waals surface area contributed by atoms with Crippen LogP contribution in [0, 0.1) is 13.8 Å². The first kappa shape index (κ1) is 15.9. The van der Waals surface area contributed by atoms with Gasteiger partial charge in [-0.05, 0) is 26.0 Å². The highest BCUT2D eigenvalue weighted by atomic mass is 16.5. The van der Waals surface area contributed by atoms with E-state index < -0.39 is 0 Å². The average Bonchev–Trinajstić information content (AvgIpc) is 2.84. The van der Waals surface area contributed by atoms with Crippen LogP contribution in [0.2, 0.25) is 0 Å². The normalized spacial score (nSPS) is 10.3. The predicted octanol–water partition coefficient (Wildman–Crippen LogP) is 2.04. The molecule has 0 aliphatic heterocycles. The van der Waals surface area contributed by atoms with Gasteiger partial charge in [0.1, 0.15) is 12.4 Å². The zero-order chi connectivity index (χ0) is 15.9. The lowest BCUT2D eigenvalue weighted by atomic mass is 10.1. The van der Waals surface area contributed by atoms with E-state index in [1.54, 1.807) is 14.0 Å². The van der Waals surface area contributed by atoms with Gasteiger partial charge in [-0.1, -0.05) is 17.3 Å². The number of benzene rings is 1. The molecule has 0 saturated carbocycles.